The highest BCUT2D eigenvalue weighted by atomic mass is 16.2. The van der Waals surface area contributed by atoms with Crippen molar-refractivity contribution in [3.63, 3.8) is 0 Å². The molecular weight excluding hydrogens is 294 g/mol. The van der Waals surface area contributed by atoms with E-state index in [1.54, 1.807) is 18.3 Å². The third kappa shape index (κ3) is 5.18. The highest BCUT2D eigenvalue weighted by molar-refractivity contribution is 5.94. The van der Waals surface area contributed by atoms with Crippen molar-refractivity contribution in [1.29, 1.82) is 0 Å². The molecule has 0 unspecified atom stereocenters. The second kappa shape index (κ2) is 8.63. The Morgan fingerprint density at radius 2 is 2.04 bits per heavy atom. The highest BCUT2D eigenvalue weighted by Gasteiger charge is 2.16. The van der Waals surface area contributed by atoms with E-state index in [1.165, 1.54) is 6.42 Å². The summed E-state index contributed by atoms with van der Waals surface area (Å²) < 4.78 is 0. The van der Waals surface area contributed by atoms with Crippen molar-refractivity contribution in [2.45, 2.75) is 19.3 Å². The number of nitrogens with zero attached hydrogens (tertiary/aromatic N) is 2. The van der Waals surface area contributed by atoms with Crippen LogP contribution in [0.2, 0.25) is 0 Å². The molecule has 1 aromatic rings. The number of amides is 3. The lowest BCUT2D eigenvalue weighted by molar-refractivity contribution is -0.119. The molecule has 3 N–H and O–H groups in total. The average Bonchev–Trinajstić information content (AvgIpc) is 2.59. The number of rotatable bonds is 5. The van der Waals surface area contributed by atoms with E-state index in [0.717, 1.165) is 31.7 Å². The topological polar surface area (TPSA) is 86.4 Å². The van der Waals surface area contributed by atoms with Crippen molar-refractivity contribution in [2.24, 2.45) is 0 Å². The van der Waals surface area contributed by atoms with Crippen LogP contribution in [0.5, 0.6) is 0 Å². The third-order valence-corrected chi connectivity index (χ3v) is 3.49. The summed E-state index contributed by atoms with van der Waals surface area (Å²) in [7, 11) is 0. The zero-order valence-corrected chi connectivity index (χ0v) is 13.0. The van der Waals surface area contributed by atoms with Crippen molar-refractivity contribution < 1.29 is 9.59 Å². The van der Waals surface area contributed by atoms with Crippen LogP contribution >= 0.6 is 0 Å². The van der Waals surface area contributed by atoms with Crippen LogP contribution in [-0.4, -0.2) is 43.1 Å². The van der Waals surface area contributed by atoms with Crippen LogP contribution in [0.4, 0.5) is 16.3 Å². The Morgan fingerprint density at radius 3 is 2.78 bits per heavy atom. The number of piperidine rings is 1. The Labute approximate surface area is 135 Å². The average molecular weight is 315 g/mol. The number of nitrogens with one attached hydrogen (secondary N) is 3. The largest absolute Gasteiger partial charge is 0.355 e. The van der Waals surface area contributed by atoms with Crippen molar-refractivity contribution >= 4 is 23.4 Å². The molecule has 0 spiro atoms. The maximum Gasteiger partial charge on any atom is 0.319 e. The Hall–Kier alpha value is -2.75. The van der Waals surface area contributed by atoms with Crippen LogP contribution in [0.3, 0.4) is 0 Å². The molecule has 23 heavy (non-hydrogen) atoms. The van der Waals surface area contributed by atoms with Crippen LogP contribution in [-0.2, 0) is 4.79 Å². The number of urea groups is 1. The van der Waals surface area contributed by atoms with Crippen molar-refractivity contribution in [3.8, 4) is 12.3 Å². The molecule has 1 fully saturated rings. The van der Waals surface area contributed by atoms with Gasteiger partial charge >= 0.3 is 6.03 Å². The quantitative estimate of drug-likeness (QED) is 0.706. The van der Waals surface area contributed by atoms with Gasteiger partial charge in [-0.25, -0.2) is 9.78 Å². The van der Waals surface area contributed by atoms with Gasteiger partial charge < -0.3 is 20.9 Å². The molecule has 1 saturated heterocycles. The fraction of sp³-hybridized carbons (Fsp3) is 0.438. The van der Waals surface area contributed by atoms with Gasteiger partial charge in [0.15, 0.2) is 5.82 Å². The molecule has 0 aliphatic carbocycles. The van der Waals surface area contributed by atoms with Gasteiger partial charge in [0.05, 0.1) is 18.8 Å². The monoisotopic (exact) mass is 315 g/mol. The molecule has 2 rings (SSSR count). The zero-order valence-electron chi connectivity index (χ0n) is 13.0. The molecule has 7 heteroatoms. The van der Waals surface area contributed by atoms with E-state index in [1.807, 2.05) is 0 Å². The van der Waals surface area contributed by atoms with E-state index in [2.05, 4.69) is 31.8 Å². The minimum Gasteiger partial charge on any atom is -0.355 e. The normalized spacial score (nSPS) is 13.8. The van der Waals surface area contributed by atoms with Gasteiger partial charge in [-0.3, -0.25) is 4.79 Å². The molecule has 7 nitrogen and oxygen atoms in total. The Bertz CT molecular complexity index is 590. The minimum atomic E-state index is -0.452. The molecule has 0 saturated carbocycles. The number of carbonyl (C=O) groups excluding carboxylic acids is 2. The van der Waals surface area contributed by atoms with Gasteiger partial charge in [-0.15, -0.1) is 6.42 Å². The molecule has 0 radical (unpaired) electrons. The Kier molecular flexibility index (Phi) is 6.24. The molecule has 1 aliphatic heterocycles. The van der Waals surface area contributed by atoms with E-state index >= 15 is 0 Å². The first kappa shape index (κ1) is 16.6. The summed E-state index contributed by atoms with van der Waals surface area (Å²) in [5.74, 6) is 2.73. The summed E-state index contributed by atoms with van der Waals surface area (Å²) in [6.07, 6.45) is 10.2. The number of carbonyl (C=O) groups is 2. The van der Waals surface area contributed by atoms with Gasteiger partial charge in [-0.1, -0.05) is 5.92 Å². The first-order valence-corrected chi connectivity index (χ1v) is 7.65. The van der Waals surface area contributed by atoms with Crippen molar-refractivity contribution in [3.05, 3.63) is 18.3 Å². The van der Waals surface area contributed by atoms with Gasteiger partial charge in [-0.2, -0.15) is 0 Å². The number of aromatic nitrogens is 1. The molecule has 2 heterocycles. The van der Waals surface area contributed by atoms with Gasteiger partial charge in [0, 0.05) is 19.3 Å². The van der Waals surface area contributed by atoms with Crippen molar-refractivity contribution in [2.75, 3.05) is 36.4 Å². The second-order valence-corrected chi connectivity index (χ2v) is 5.21. The van der Waals surface area contributed by atoms with E-state index in [9.17, 15) is 9.59 Å². The minimum absolute atomic E-state index is 0.132. The van der Waals surface area contributed by atoms with Gasteiger partial charge in [0.25, 0.3) is 0 Å². The maximum atomic E-state index is 11.9. The standard InChI is InChI=1S/C16H21N5O2/c1-2-8-17-14(22)12-19-16(23)20-13-7-6-9-18-15(13)21-10-4-3-5-11-21/h1,6-7,9H,3-5,8,10-12H2,(H,17,22)(H2,19,20,23). The summed E-state index contributed by atoms with van der Waals surface area (Å²) in [6, 6.07) is 3.12. The van der Waals surface area contributed by atoms with Crippen LogP contribution in [0.15, 0.2) is 18.3 Å². The number of terminal acetylenes is 1. The van der Waals surface area contributed by atoms with Crippen molar-refractivity contribution in [1.82, 2.24) is 15.6 Å². The van der Waals surface area contributed by atoms with Crippen LogP contribution in [0.1, 0.15) is 19.3 Å². The fourth-order valence-corrected chi connectivity index (χ4v) is 2.39. The zero-order chi connectivity index (χ0) is 16.5. The van der Waals surface area contributed by atoms with Gasteiger partial charge in [0.1, 0.15) is 0 Å². The number of hydrogen-bond donors (Lipinski definition) is 3. The highest BCUT2D eigenvalue weighted by Crippen LogP contribution is 2.25. The molecule has 0 atom stereocenters. The lowest BCUT2D eigenvalue weighted by atomic mass is 10.1. The smallest absolute Gasteiger partial charge is 0.319 e. The first-order chi connectivity index (χ1) is 11.2. The lowest BCUT2D eigenvalue weighted by Gasteiger charge is -2.29. The predicted octanol–water partition coefficient (Wildman–Crippen LogP) is 0.943. The van der Waals surface area contributed by atoms with Gasteiger partial charge in [0.2, 0.25) is 5.91 Å². The summed E-state index contributed by atoms with van der Waals surface area (Å²) in [4.78, 5) is 29.9. The SMILES string of the molecule is C#CCNC(=O)CNC(=O)Nc1cccnc1N1CCCCC1. The summed E-state index contributed by atoms with van der Waals surface area (Å²) in [5.41, 5.74) is 0.635. The Morgan fingerprint density at radius 1 is 1.26 bits per heavy atom. The van der Waals surface area contributed by atoms with E-state index in [0.29, 0.717) is 5.69 Å². The molecule has 1 aromatic heterocycles. The lowest BCUT2D eigenvalue weighted by Crippen LogP contribution is -2.39. The molecule has 0 bridgehead atoms. The summed E-state index contributed by atoms with van der Waals surface area (Å²) >= 11 is 0. The molecule has 0 aromatic carbocycles. The maximum absolute atomic E-state index is 11.9. The summed E-state index contributed by atoms with van der Waals surface area (Å²) in [5, 5.41) is 7.71. The third-order valence-electron chi connectivity index (χ3n) is 3.49. The fourth-order valence-electron chi connectivity index (χ4n) is 2.39. The second-order valence-electron chi connectivity index (χ2n) is 5.21. The molecule has 1 aliphatic rings. The predicted molar refractivity (Wildman–Crippen MR) is 89.2 cm³/mol. The first-order valence-electron chi connectivity index (χ1n) is 7.65. The molecule has 3 amide bonds. The number of pyridine rings is 1. The van der Waals surface area contributed by atoms with Crippen LogP contribution < -0.4 is 20.9 Å². The Balaban J connectivity index is 1.90. The number of anilines is 2. The van der Waals surface area contributed by atoms with E-state index in [-0.39, 0.29) is 19.0 Å². The number of hydrogen-bond acceptors (Lipinski definition) is 4. The van der Waals surface area contributed by atoms with Gasteiger partial charge in [-0.05, 0) is 31.4 Å². The molecule has 122 valence electrons. The van der Waals surface area contributed by atoms with Crippen LogP contribution in [0.25, 0.3) is 0 Å². The molecular formula is C16H21N5O2. The van der Waals surface area contributed by atoms with E-state index in [4.69, 9.17) is 6.42 Å². The van der Waals surface area contributed by atoms with Crippen LogP contribution in [0, 0.1) is 12.3 Å². The summed E-state index contributed by atoms with van der Waals surface area (Å²) in [6.45, 7) is 1.88. The van der Waals surface area contributed by atoms with E-state index < -0.39 is 6.03 Å².